The second kappa shape index (κ2) is 9.56. The quantitative estimate of drug-likeness (QED) is 0.373. The van der Waals surface area contributed by atoms with Crippen LogP contribution in [0.5, 0.6) is 0 Å². The molecular weight excluding hydrogens is 422 g/mol. The lowest BCUT2D eigenvalue weighted by Crippen LogP contribution is -2.38. The van der Waals surface area contributed by atoms with Crippen molar-refractivity contribution >= 4 is 40.0 Å². The molecular formula is C24H27N5O2S. The van der Waals surface area contributed by atoms with Crippen LogP contribution >= 0.6 is 11.8 Å². The van der Waals surface area contributed by atoms with Crippen LogP contribution in [0.25, 0.3) is 16.7 Å². The number of para-hydroxylation sites is 2. The topological polar surface area (TPSA) is 72.5 Å². The third kappa shape index (κ3) is 4.14. The molecule has 0 N–H and O–H groups in total. The van der Waals surface area contributed by atoms with Crippen LogP contribution in [0.2, 0.25) is 0 Å². The highest BCUT2D eigenvalue weighted by Crippen LogP contribution is 2.24. The summed E-state index contributed by atoms with van der Waals surface area (Å²) in [5.74, 6) is 0.730. The molecule has 7 nitrogen and oxygen atoms in total. The van der Waals surface area contributed by atoms with Crippen molar-refractivity contribution in [2.45, 2.75) is 51.4 Å². The van der Waals surface area contributed by atoms with Crippen LogP contribution in [0.15, 0.2) is 64.5 Å². The number of unbranched alkanes of at least 4 members (excludes halogenated alkanes) is 1. The summed E-state index contributed by atoms with van der Waals surface area (Å²) in [4.78, 5) is 28.0. The molecule has 4 aromatic rings. The summed E-state index contributed by atoms with van der Waals surface area (Å²) in [6.45, 7) is 6.68. The summed E-state index contributed by atoms with van der Waals surface area (Å²) in [7, 11) is 0. The van der Waals surface area contributed by atoms with E-state index in [4.69, 9.17) is 0 Å². The summed E-state index contributed by atoms with van der Waals surface area (Å²) < 4.78 is 3.58. The van der Waals surface area contributed by atoms with E-state index in [1.54, 1.807) is 9.47 Å². The van der Waals surface area contributed by atoms with Crippen LogP contribution in [0.4, 0.5) is 5.69 Å². The Morgan fingerprint density at radius 2 is 1.78 bits per heavy atom. The molecule has 2 aromatic heterocycles. The van der Waals surface area contributed by atoms with E-state index in [0.29, 0.717) is 22.9 Å². The molecule has 4 rings (SSSR count). The van der Waals surface area contributed by atoms with E-state index in [9.17, 15) is 9.59 Å². The molecule has 0 saturated carbocycles. The van der Waals surface area contributed by atoms with Crippen LogP contribution in [0.3, 0.4) is 0 Å². The number of hydrogen-bond acceptors (Lipinski definition) is 5. The van der Waals surface area contributed by atoms with E-state index in [-0.39, 0.29) is 23.3 Å². The van der Waals surface area contributed by atoms with E-state index < -0.39 is 0 Å². The fourth-order valence-corrected chi connectivity index (χ4v) is 4.66. The van der Waals surface area contributed by atoms with E-state index in [2.05, 4.69) is 17.1 Å². The van der Waals surface area contributed by atoms with Crippen molar-refractivity contribution in [1.29, 1.82) is 0 Å². The van der Waals surface area contributed by atoms with Gasteiger partial charge in [-0.3, -0.25) is 18.6 Å². The number of aryl methyl sites for hydroxylation is 1. The van der Waals surface area contributed by atoms with Crippen LogP contribution in [-0.4, -0.2) is 36.9 Å². The Morgan fingerprint density at radius 3 is 2.50 bits per heavy atom. The minimum absolute atomic E-state index is 0.00319. The van der Waals surface area contributed by atoms with Gasteiger partial charge in [-0.1, -0.05) is 55.4 Å². The molecule has 2 heterocycles. The summed E-state index contributed by atoms with van der Waals surface area (Å²) in [5.41, 5.74) is 1.57. The van der Waals surface area contributed by atoms with Crippen LogP contribution in [0.1, 0.15) is 33.6 Å². The molecule has 2 aromatic carbocycles. The summed E-state index contributed by atoms with van der Waals surface area (Å²) >= 11 is 1.34. The number of hydrogen-bond donors (Lipinski definition) is 0. The SMILES string of the molecule is CCCCn1c(=O)c2ccccc2n2c(SCC(=O)N(c3ccccc3)C(C)C)nnc12. The first kappa shape index (κ1) is 22.1. The number of rotatable bonds is 8. The Kier molecular flexibility index (Phi) is 6.60. The van der Waals surface area contributed by atoms with Crippen molar-refractivity contribution in [3.05, 3.63) is 65.0 Å². The zero-order chi connectivity index (χ0) is 22.7. The minimum atomic E-state index is -0.0587. The summed E-state index contributed by atoms with van der Waals surface area (Å²) in [6.07, 6.45) is 1.85. The number of nitrogens with zero attached hydrogens (tertiary/aromatic N) is 5. The van der Waals surface area contributed by atoms with Gasteiger partial charge >= 0.3 is 0 Å². The van der Waals surface area contributed by atoms with Gasteiger partial charge in [0.25, 0.3) is 5.56 Å². The Bertz CT molecular complexity index is 1300. The number of carbonyl (C=O) groups excluding carboxylic acids is 1. The first-order valence-corrected chi connectivity index (χ1v) is 11.9. The van der Waals surface area contributed by atoms with Gasteiger partial charge in [0.2, 0.25) is 11.7 Å². The molecule has 0 aliphatic rings. The number of carbonyl (C=O) groups is 1. The predicted octanol–water partition coefficient (Wildman–Crippen LogP) is 4.38. The van der Waals surface area contributed by atoms with Gasteiger partial charge in [-0.05, 0) is 44.5 Å². The van der Waals surface area contributed by atoms with Gasteiger partial charge in [0.15, 0.2) is 5.16 Å². The number of thioether (sulfide) groups is 1. The minimum Gasteiger partial charge on any atom is -0.309 e. The van der Waals surface area contributed by atoms with Crippen LogP contribution in [-0.2, 0) is 11.3 Å². The zero-order valence-corrected chi connectivity index (χ0v) is 19.4. The van der Waals surface area contributed by atoms with Gasteiger partial charge in [0.05, 0.1) is 16.7 Å². The smallest absolute Gasteiger partial charge is 0.262 e. The van der Waals surface area contributed by atoms with Crippen molar-refractivity contribution < 1.29 is 4.79 Å². The zero-order valence-electron chi connectivity index (χ0n) is 18.6. The van der Waals surface area contributed by atoms with Gasteiger partial charge in [-0.25, -0.2) is 0 Å². The van der Waals surface area contributed by atoms with Gasteiger partial charge in [-0.2, -0.15) is 0 Å². The average molecular weight is 450 g/mol. The molecule has 0 fully saturated rings. The molecule has 1 amide bonds. The monoisotopic (exact) mass is 449 g/mol. The third-order valence-electron chi connectivity index (χ3n) is 5.36. The molecule has 0 saturated heterocycles. The number of fused-ring (bicyclic) bond motifs is 3. The van der Waals surface area contributed by atoms with Crippen molar-refractivity contribution in [3.63, 3.8) is 0 Å². The maximum Gasteiger partial charge on any atom is 0.262 e. The molecule has 166 valence electrons. The van der Waals surface area contributed by atoms with Crippen molar-refractivity contribution in [2.75, 3.05) is 10.7 Å². The normalized spacial score (nSPS) is 11.5. The first-order valence-electron chi connectivity index (χ1n) is 10.9. The van der Waals surface area contributed by atoms with Crippen molar-refractivity contribution in [3.8, 4) is 0 Å². The predicted molar refractivity (Wildman–Crippen MR) is 129 cm³/mol. The Morgan fingerprint density at radius 1 is 1.06 bits per heavy atom. The average Bonchev–Trinajstić information content (AvgIpc) is 3.22. The van der Waals surface area contributed by atoms with Crippen LogP contribution < -0.4 is 10.5 Å². The van der Waals surface area contributed by atoms with Gasteiger partial charge in [0, 0.05) is 18.3 Å². The molecule has 8 heteroatoms. The third-order valence-corrected chi connectivity index (χ3v) is 6.27. The molecule has 0 spiro atoms. The number of benzene rings is 2. The largest absolute Gasteiger partial charge is 0.309 e. The second-order valence-corrected chi connectivity index (χ2v) is 8.87. The summed E-state index contributed by atoms with van der Waals surface area (Å²) in [6, 6.07) is 17.2. The molecule has 0 atom stereocenters. The lowest BCUT2D eigenvalue weighted by atomic mass is 10.2. The fourth-order valence-electron chi connectivity index (χ4n) is 3.86. The Balaban J connectivity index is 1.70. The molecule has 0 unspecified atom stereocenters. The molecule has 0 radical (unpaired) electrons. The van der Waals surface area contributed by atoms with Crippen molar-refractivity contribution in [2.24, 2.45) is 0 Å². The van der Waals surface area contributed by atoms with Crippen LogP contribution in [0, 0.1) is 0 Å². The lowest BCUT2D eigenvalue weighted by Gasteiger charge is -2.26. The molecule has 0 aliphatic heterocycles. The highest BCUT2D eigenvalue weighted by Gasteiger charge is 2.21. The van der Waals surface area contributed by atoms with E-state index in [1.165, 1.54) is 11.8 Å². The lowest BCUT2D eigenvalue weighted by molar-refractivity contribution is -0.116. The van der Waals surface area contributed by atoms with Gasteiger partial charge in [0.1, 0.15) is 0 Å². The number of anilines is 1. The van der Waals surface area contributed by atoms with E-state index in [0.717, 1.165) is 24.0 Å². The maximum absolute atomic E-state index is 13.1. The molecule has 32 heavy (non-hydrogen) atoms. The van der Waals surface area contributed by atoms with E-state index in [1.807, 2.05) is 72.8 Å². The second-order valence-electron chi connectivity index (χ2n) is 7.93. The highest BCUT2D eigenvalue weighted by molar-refractivity contribution is 7.99. The molecule has 0 aliphatic carbocycles. The van der Waals surface area contributed by atoms with Gasteiger partial charge < -0.3 is 4.90 Å². The fraction of sp³-hybridized carbons (Fsp3) is 0.333. The Hall–Kier alpha value is -3.13. The molecule has 0 bridgehead atoms. The standard InChI is InChI=1S/C24H27N5O2S/c1-4-5-15-27-22(31)19-13-9-10-14-20(19)29-23(27)25-26-24(29)32-16-21(30)28(17(2)3)18-11-7-6-8-12-18/h6-14,17H,4-5,15-16H2,1-3H3. The highest BCUT2D eigenvalue weighted by atomic mass is 32.2. The van der Waals surface area contributed by atoms with Gasteiger partial charge in [-0.15, -0.1) is 10.2 Å². The number of aromatic nitrogens is 4. The first-order chi connectivity index (χ1) is 15.5. The maximum atomic E-state index is 13.1. The number of amides is 1. The summed E-state index contributed by atoms with van der Waals surface area (Å²) in [5, 5.41) is 9.90. The van der Waals surface area contributed by atoms with Crippen molar-refractivity contribution in [1.82, 2.24) is 19.2 Å². The Labute approximate surface area is 191 Å². The van der Waals surface area contributed by atoms with E-state index >= 15 is 0 Å².